The van der Waals surface area contributed by atoms with Crippen molar-refractivity contribution < 1.29 is 4.79 Å². The summed E-state index contributed by atoms with van der Waals surface area (Å²) in [6.07, 6.45) is 0. The summed E-state index contributed by atoms with van der Waals surface area (Å²) in [5, 5.41) is 0.0762. The molecule has 0 heterocycles. The Morgan fingerprint density at radius 3 is 2.18 bits per heavy atom. The number of carbonyl (C=O) groups excluding carboxylic acids is 1. The van der Waals surface area contributed by atoms with Crippen molar-refractivity contribution in [2.24, 2.45) is 0 Å². The summed E-state index contributed by atoms with van der Waals surface area (Å²) < 4.78 is 1.02. The smallest absolute Gasteiger partial charge is 0.224 e. The molecular weight excluding hydrogens is 296 g/mol. The van der Waals surface area contributed by atoms with E-state index in [0.717, 1.165) is 20.5 Å². The lowest BCUT2D eigenvalue weighted by molar-refractivity contribution is 0.108. The van der Waals surface area contributed by atoms with Crippen molar-refractivity contribution in [3.63, 3.8) is 0 Å². The number of thioether (sulfide) groups is 1. The molecule has 3 heteroatoms. The number of aryl methyl sites for hydroxylation is 1. The Morgan fingerprint density at radius 1 is 1.00 bits per heavy atom. The molecule has 0 saturated heterocycles. The predicted molar refractivity (Wildman–Crippen MR) is 75.5 cm³/mol. The number of halogens is 1. The molecule has 0 aliphatic rings. The van der Waals surface area contributed by atoms with Gasteiger partial charge in [0, 0.05) is 14.9 Å². The molecule has 2 rings (SSSR count). The van der Waals surface area contributed by atoms with Crippen LogP contribution < -0.4 is 0 Å². The van der Waals surface area contributed by atoms with Crippen LogP contribution in [0.3, 0.4) is 0 Å². The first-order valence-electron chi connectivity index (χ1n) is 5.19. The minimum absolute atomic E-state index is 0.0762. The Hall–Kier alpha value is -1.06. The first-order chi connectivity index (χ1) is 8.15. The van der Waals surface area contributed by atoms with Crippen molar-refractivity contribution in [3.05, 3.63) is 64.1 Å². The van der Waals surface area contributed by atoms with E-state index in [-0.39, 0.29) is 5.12 Å². The van der Waals surface area contributed by atoms with Gasteiger partial charge in [0.15, 0.2) is 0 Å². The van der Waals surface area contributed by atoms with E-state index in [0.29, 0.717) is 0 Å². The van der Waals surface area contributed by atoms with Crippen molar-refractivity contribution in [1.29, 1.82) is 0 Å². The molecule has 1 nitrogen and oxygen atoms in total. The van der Waals surface area contributed by atoms with Gasteiger partial charge in [-0.15, -0.1) is 0 Å². The minimum atomic E-state index is 0.0762. The molecule has 0 unspecified atom stereocenters. The molecule has 0 aliphatic heterocycles. The van der Waals surface area contributed by atoms with Crippen molar-refractivity contribution in [2.45, 2.75) is 11.8 Å². The van der Waals surface area contributed by atoms with Crippen LogP contribution in [-0.2, 0) is 0 Å². The average Bonchev–Trinajstić information content (AvgIpc) is 2.33. The van der Waals surface area contributed by atoms with Crippen molar-refractivity contribution in [1.82, 2.24) is 0 Å². The average molecular weight is 307 g/mol. The van der Waals surface area contributed by atoms with Gasteiger partial charge in [-0.2, -0.15) is 0 Å². The molecule has 0 atom stereocenters. The third-order valence-corrected chi connectivity index (χ3v) is 3.77. The summed E-state index contributed by atoms with van der Waals surface area (Å²) in [7, 11) is 0. The Balaban J connectivity index is 2.11. The molecule has 0 N–H and O–H groups in total. The zero-order valence-corrected chi connectivity index (χ0v) is 11.7. The van der Waals surface area contributed by atoms with Crippen LogP contribution in [0.25, 0.3) is 0 Å². The highest BCUT2D eigenvalue weighted by molar-refractivity contribution is 9.10. The zero-order chi connectivity index (χ0) is 12.3. The Labute approximate surface area is 113 Å². The van der Waals surface area contributed by atoms with Crippen LogP contribution in [0.5, 0.6) is 0 Å². The molecule has 0 aromatic heterocycles. The van der Waals surface area contributed by atoms with Gasteiger partial charge in [0.2, 0.25) is 5.12 Å². The summed E-state index contributed by atoms with van der Waals surface area (Å²) in [6, 6.07) is 15.4. The fraction of sp³-hybridized carbons (Fsp3) is 0.0714. The number of carbonyl (C=O) groups is 1. The first-order valence-corrected chi connectivity index (χ1v) is 6.80. The maximum absolute atomic E-state index is 12.0. The SMILES string of the molecule is Cc1ccc(C(=O)Sc2ccc(Br)cc2)cc1. The number of hydrogen-bond donors (Lipinski definition) is 0. The molecule has 0 aliphatic carbocycles. The predicted octanol–water partition coefficient (Wildman–Crippen LogP) is 4.69. The summed E-state index contributed by atoms with van der Waals surface area (Å²) in [6.45, 7) is 2.01. The molecule has 0 spiro atoms. The molecule has 0 amide bonds. The first kappa shape index (κ1) is 12.4. The summed E-state index contributed by atoms with van der Waals surface area (Å²) in [4.78, 5) is 12.9. The van der Waals surface area contributed by atoms with Gasteiger partial charge in [0.1, 0.15) is 0 Å². The van der Waals surface area contributed by atoms with Crippen LogP contribution in [0.15, 0.2) is 57.9 Å². The maximum atomic E-state index is 12.0. The maximum Gasteiger partial charge on any atom is 0.224 e. The summed E-state index contributed by atoms with van der Waals surface area (Å²) >= 11 is 4.62. The van der Waals surface area contributed by atoms with Gasteiger partial charge in [0.05, 0.1) is 0 Å². The minimum Gasteiger partial charge on any atom is -0.281 e. The molecule has 0 bridgehead atoms. The number of hydrogen-bond acceptors (Lipinski definition) is 2. The lowest BCUT2D eigenvalue weighted by Gasteiger charge is -2.01. The highest BCUT2D eigenvalue weighted by Crippen LogP contribution is 2.24. The van der Waals surface area contributed by atoms with E-state index in [9.17, 15) is 4.79 Å². The summed E-state index contributed by atoms with van der Waals surface area (Å²) in [5.41, 5.74) is 1.90. The number of benzene rings is 2. The third kappa shape index (κ3) is 3.45. The van der Waals surface area contributed by atoms with Gasteiger partial charge >= 0.3 is 0 Å². The second-order valence-electron chi connectivity index (χ2n) is 3.71. The highest BCUT2D eigenvalue weighted by Gasteiger charge is 2.07. The molecule has 0 radical (unpaired) electrons. The lowest BCUT2D eigenvalue weighted by atomic mass is 10.2. The van der Waals surface area contributed by atoms with E-state index < -0.39 is 0 Å². The highest BCUT2D eigenvalue weighted by atomic mass is 79.9. The van der Waals surface area contributed by atoms with Crippen LogP contribution in [0.2, 0.25) is 0 Å². The van der Waals surface area contributed by atoms with Crippen molar-refractivity contribution in [3.8, 4) is 0 Å². The van der Waals surface area contributed by atoms with E-state index in [4.69, 9.17) is 0 Å². The molecule has 2 aromatic carbocycles. The second kappa shape index (κ2) is 5.52. The third-order valence-electron chi connectivity index (χ3n) is 2.31. The molecule has 0 fully saturated rings. The standard InChI is InChI=1S/C14H11BrOS/c1-10-2-4-11(5-3-10)14(16)17-13-8-6-12(15)7-9-13/h2-9H,1H3. The lowest BCUT2D eigenvalue weighted by Crippen LogP contribution is -1.92. The quantitative estimate of drug-likeness (QED) is 0.749. The van der Waals surface area contributed by atoms with Gasteiger partial charge in [-0.05, 0) is 43.0 Å². The Morgan fingerprint density at radius 2 is 1.59 bits per heavy atom. The topological polar surface area (TPSA) is 17.1 Å². The van der Waals surface area contributed by atoms with E-state index in [1.54, 1.807) is 0 Å². The van der Waals surface area contributed by atoms with Crippen LogP contribution in [-0.4, -0.2) is 5.12 Å². The van der Waals surface area contributed by atoms with Crippen LogP contribution in [0.1, 0.15) is 15.9 Å². The fourth-order valence-corrected chi connectivity index (χ4v) is 2.36. The molecule has 86 valence electrons. The molecule has 2 aromatic rings. The Kier molecular flexibility index (Phi) is 4.02. The van der Waals surface area contributed by atoms with Crippen molar-refractivity contribution >= 4 is 32.8 Å². The van der Waals surface area contributed by atoms with Gasteiger partial charge in [-0.1, -0.05) is 45.8 Å². The molecule has 17 heavy (non-hydrogen) atoms. The fourth-order valence-electron chi connectivity index (χ4n) is 1.36. The van der Waals surface area contributed by atoms with Crippen LogP contribution in [0, 0.1) is 6.92 Å². The summed E-state index contributed by atoms with van der Waals surface area (Å²) in [5.74, 6) is 0. The van der Waals surface area contributed by atoms with Crippen molar-refractivity contribution in [2.75, 3.05) is 0 Å². The second-order valence-corrected chi connectivity index (χ2v) is 5.67. The van der Waals surface area contributed by atoms with Crippen LogP contribution >= 0.6 is 27.7 Å². The molecular formula is C14H11BrOS. The number of rotatable bonds is 2. The van der Waals surface area contributed by atoms with Crippen LogP contribution in [0.4, 0.5) is 0 Å². The van der Waals surface area contributed by atoms with E-state index in [1.807, 2.05) is 55.5 Å². The van der Waals surface area contributed by atoms with Gasteiger partial charge in [0.25, 0.3) is 0 Å². The van der Waals surface area contributed by atoms with E-state index in [2.05, 4.69) is 15.9 Å². The van der Waals surface area contributed by atoms with Gasteiger partial charge < -0.3 is 0 Å². The largest absolute Gasteiger partial charge is 0.281 e. The van der Waals surface area contributed by atoms with E-state index >= 15 is 0 Å². The Bertz CT molecular complexity index is 517. The van der Waals surface area contributed by atoms with Gasteiger partial charge in [-0.3, -0.25) is 4.79 Å². The molecule has 0 saturated carbocycles. The zero-order valence-electron chi connectivity index (χ0n) is 9.31. The monoisotopic (exact) mass is 306 g/mol. The van der Waals surface area contributed by atoms with Gasteiger partial charge in [-0.25, -0.2) is 0 Å². The normalized spacial score (nSPS) is 10.2. The van der Waals surface area contributed by atoms with E-state index in [1.165, 1.54) is 11.8 Å².